The van der Waals surface area contributed by atoms with Crippen LogP contribution >= 0.6 is 0 Å². The summed E-state index contributed by atoms with van der Waals surface area (Å²) in [5.41, 5.74) is -1.63. The van der Waals surface area contributed by atoms with Crippen molar-refractivity contribution < 1.29 is 24.6 Å². The van der Waals surface area contributed by atoms with E-state index in [-0.39, 0.29) is 12.8 Å². The molecule has 2 amide bonds. The molecule has 0 bridgehead atoms. The average molecular weight is 187 g/mol. The van der Waals surface area contributed by atoms with Gasteiger partial charge in [-0.1, -0.05) is 0 Å². The Kier molecular flexibility index (Phi) is 2.33. The van der Waals surface area contributed by atoms with Gasteiger partial charge in [0.1, 0.15) is 5.41 Å². The summed E-state index contributed by atoms with van der Waals surface area (Å²) in [4.78, 5) is 32.4. The number of amides is 2. The Bertz CT molecular complexity index is 256. The molecule has 0 unspecified atom stereocenters. The third kappa shape index (κ3) is 1.67. The predicted molar refractivity (Wildman–Crippen MR) is 39.5 cm³/mol. The number of imide groups is 1. The van der Waals surface area contributed by atoms with Crippen LogP contribution in [0.15, 0.2) is 0 Å². The second kappa shape index (κ2) is 3.14. The van der Waals surface area contributed by atoms with Gasteiger partial charge in [-0.2, -0.15) is 0 Å². The van der Waals surface area contributed by atoms with Crippen LogP contribution in [-0.4, -0.2) is 34.6 Å². The van der Waals surface area contributed by atoms with Crippen LogP contribution < -0.4 is 5.32 Å². The minimum Gasteiger partial charge on any atom is -0.481 e. The van der Waals surface area contributed by atoms with E-state index < -0.39 is 29.8 Å². The molecule has 0 aliphatic carbocycles. The van der Waals surface area contributed by atoms with E-state index in [2.05, 4.69) is 0 Å². The molecule has 6 nitrogen and oxygen atoms in total. The fourth-order valence-electron chi connectivity index (χ4n) is 1.25. The molecule has 1 fully saturated rings. The molecule has 1 heterocycles. The van der Waals surface area contributed by atoms with Crippen LogP contribution in [0.5, 0.6) is 0 Å². The smallest absolute Gasteiger partial charge is 0.313 e. The van der Waals surface area contributed by atoms with Crippen LogP contribution in [0.4, 0.5) is 0 Å². The van der Waals surface area contributed by atoms with Crippen LogP contribution in [0.1, 0.15) is 12.8 Å². The van der Waals surface area contributed by atoms with Crippen molar-refractivity contribution in [1.82, 2.24) is 5.32 Å². The molecule has 3 N–H and O–H groups in total. The average Bonchev–Trinajstić information content (AvgIpc) is 2.02. The molecule has 1 aliphatic heterocycles. The Morgan fingerprint density at radius 2 is 1.85 bits per heavy atom. The summed E-state index contributed by atoms with van der Waals surface area (Å²) < 4.78 is 0. The Morgan fingerprint density at radius 1 is 1.38 bits per heavy atom. The zero-order valence-corrected chi connectivity index (χ0v) is 6.74. The lowest BCUT2D eigenvalue weighted by Gasteiger charge is -2.29. The largest absolute Gasteiger partial charge is 0.481 e. The number of carboxylic acids is 1. The molecule has 0 spiro atoms. The monoisotopic (exact) mass is 187 g/mol. The standard InChI is InChI=1S/C7H9NO5/c9-3-7(6(12)13)1-4(10)8-5(11)2-7/h9H,1-3H2,(H,12,13)(H,8,10,11). The Labute approximate surface area is 73.5 Å². The summed E-state index contributed by atoms with van der Waals surface area (Å²) in [6, 6.07) is 0. The first-order valence-corrected chi connectivity index (χ1v) is 3.67. The van der Waals surface area contributed by atoms with Crippen LogP contribution in [0.2, 0.25) is 0 Å². The number of carbonyl (C=O) groups excluding carboxylic acids is 2. The van der Waals surface area contributed by atoms with Gasteiger partial charge in [0.25, 0.3) is 0 Å². The third-order valence-corrected chi connectivity index (χ3v) is 2.03. The minimum atomic E-state index is -1.63. The Morgan fingerprint density at radius 3 is 2.15 bits per heavy atom. The molecule has 1 rings (SSSR count). The maximum Gasteiger partial charge on any atom is 0.313 e. The summed E-state index contributed by atoms with van der Waals surface area (Å²) in [6.07, 6.45) is -0.713. The molecule has 6 heteroatoms. The van der Waals surface area contributed by atoms with E-state index in [4.69, 9.17) is 10.2 Å². The molecule has 0 aromatic heterocycles. The van der Waals surface area contributed by atoms with E-state index >= 15 is 0 Å². The highest BCUT2D eigenvalue weighted by atomic mass is 16.4. The van der Waals surface area contributed by atoms with Gasteiger partial charge in [0.2, 0.25) is 11.8 Å². The molecule has 1 saturated heterocycles. The van der Waals surface area contributed by atoms with Crippen LogP contribution in [0.3, 0.4) is 0 Å². The topological polar surface area (TPSA) is 104 Å². The number of nitrogens with one attached hydrogen (secondary N) is 1. The van der Waals surface area contributed by atoms with Gasteiger partial charge in [-0.15, -0.1) is 0 Å². The highest BCUT2D eigenvalue weighted by molar-refractivity contribution is 6.02. The number of aliphatic hydroxyl groups excluding tert-OH is 1. The zero-order valence-electron chi connectivity index (χ0n) is 6.74. The van der Waals surface area contributed by atoms with Crippen LogP contribution in [0.25, 0.3) is 0 Å². The van der Waals surface area contributed by atoms with Crippen molar-refractivity contribution in [3.05, 3.63) is 0 Å². The van der Waals surface area contributed by atoms with Gasteiger partial charge in [0.15, 0.2) is 0 Å². The van der Waals surface area contributed by atoms with Gasteiger partial charge in [-0.05, 0) is 0 Å². The van der Waals surface area contributed by atoms with Gasteiger partial charge in [0.05, 0.1) is 6.61 Å². The fourth-order valence-corrected chi connectivity index (χ4v) is 1.25. The van der Waals surface area contributed by atoms with E-state index in [1.807, 2.05) is 5.32 Å². The molecule has 72 valence electrons. The van der Waals surface area contributed by atoms with E-state index in [1.165, 1.54) is 0 Å². The van der Waals surface area contributed by atoms with Crippen LogP contribution in [0, 0.1) is 5.41 Å². The lowest BCUT2D eigenvalue weighted by atomic mass is 9.79. The second-order valence-corrected chi connectivity index (χ2v) is 3.07. The first-order valence-electron chi connectivity index (χ1n) is 3.67. The zero-order chi connectivity index (χ0) is 10.1. The summed E-state index contributed by atoms with van der Waals surface area (Å²) in [5.74, 6) is -2.64. The lowest BCUT2D eigenvalue weighted by Crippen LogP contribution is -2.50. The van der Waals surface area contributed by atoms with Gasteiger partial charge in [-0.25, -0.2) is 0 Å². The Hall–Kier alpha value is -1.43. The van der Waals surface area contributed by atoms with Gasteiger partial charge in [0, 0.05) is 12.8 Å². The number of aliphatic carboxylic acids is 1. The van der Waals surface area contributed by atoms with Crippen molar-refractivity contribution in [2.75, 3.05) is 6.61 Å². The quantitative estimate of drug-likeness (QED) is 0.456. The van der Waals surface area contributed by atoms with Crippen molar-refractivity contribution in [2.24, 2.45) is 5.41 Å². The maximum absolute atomic E-state index is 10.8. The second-order valence-electron chi connectivity index (χ2n) is 3.07. The van der Waals surface area contributed by atoms with Crippen molar-refractivity contribution in [2.45, 2.75) is 12.8 Å². The minimum absolute atomic E-state index is 0.357. The van der Waals surface area contributed by atoms with E-state index in [0.717, 1.165) is 0 Å². The molecule has 0 radical (unpaired) electrons. The highest BCUT2D eigenvalue weighted by Crippen LogP contribution is 2.29. The SMILES string of the molecule is O=C1CC(CO)(C(=O)O)CC(=O)N1. The molecule has 0 saturated carbocycles. The molecule has 1 aliphatic rings. The van der Waals surface area contributed by atoms with E-state index in [9.17, 15) is 14.4 Å². The van der Waals surface area contributed by atoms with E-state index in [1.54, 1.807) is 0 Å². The van der Waals surface area contributed by atoms with Crippen molar-refractivity contribution in [3.63, 3.8) is 0 Å². The van der Waals surface area contributed by atoms with Gasteiger partial charge < -0.3 is 10.2 Å². The molecule has 0 aromatic rings. The van der Waals surface area contributed by atoms with Gasteiger partial charge in [-0.3, -0.25) is 19.7 Å². The molecule has 0 atom stereocenters. The number of piperidine rings is 1. The van der Waals surface area contributed by atoms with E-state index in [0.29, 0.717) is 0 Å². The van der Waals surface area contributed by atoms with Crippen molar-refractivity contribution in [1.29, 1.82) is 0 Å². The summed E-state index contributed by atoms with van der Waals surface area (Å²) >= 11 is 0. The molecule has 13 heavy (non-hydrogen) atoms. The molecular formula is C7H9NO5. The van der Waals surface area contributed by atoms with Gasteiger partial charge >= 0.3 is 5.97 Å². The number of aliphatic hydroxyl groups is 1. The predicted octanol–water partition coefficient (Wildman–Crippen LogP) is -1.51. The summed E-state index contributed by atoms with van der Waals surface area (Å²) in [7, 11) is 0. The number of hydrogen-bond donors (Lipinski definition) is 3. The first kappa shape index (κ1) is 9.66. The summed E-state index contributed by atoms with van der Waals surface area (Å²) in [5, 5.41) is 19.5. The van der Waals surface area contributed by atoms with Crippen molar-refractivity contribution >= 4 is 17.8 Å². The van der Waals surface area contributed by atoms with Crippen molar-refractivity contribution in [3.8, 4) is 0 Å². The normalized spacial score (nSPS) is 21.0. The maximum atomic E-state index is 10.8. The fraction of sp³-hybridized carbons (Fsp3) is 0.571. The number of rotatable bonds is 2. The molecule has 0 aromatic carbocycles. The Balaban J connectivity index is 2.92. The first-order chi connectivity index (χ1) is 6.00. The third-order valence-electron chi connectivity index (χ3n) is 2.03. The molecular weight excluding hydrogens is 178 g/mol. The number of carboxylic acid groups (broad SMARTS) is 1. The highest BCUT2D eigenvalue weighted by Gasteiger charge is 2.45. The lowest BCUT2D eigenvalue weighted by molar-refractivity contribution is -0.161. The van der Waals surface area contributed by atoms with Crippen LogP contribution in [-0.2, 0) is 14.4 Å². The number of carbonyl (C=O) groups is 3. The summed E-state index contributed by atoms with van der Waals surface area (Å²) in [6.45, 7) is -0.707. The number of hydrogen-bond acceptors (Lipinski definition) is 4.